The van der Waals surface area contributed by atoms with Crippen molar-refractivity contribution in [3.05, 3.63) is 59.2 Å². The summed E-state index contributed by atoms with van der Waals surface area (Å²) in [5.74, 6) is 1.12. The molecule has 0 amide bonds. The van der Waals surface area contributed by atoms with E-state index in [1.165, 1.54) is 0 Å². The van der Waals surface area contributed by atoms with Gasteiger partial charge in [0.1, 0.15) is 23.9 Å². The Morgan fingerprint density at radius 2 is 2.00 bits per heavy atom. The molecular formula is C15H11NO2. The molecule has 0 heterocycles. The largest absolute Gasteiger partial charge is 0.456 e. The molecule has 0 saturated heterocycles. The first-order valence-electron chi connectivity index (χ1n) is 5.47. The standard InChI is InChI=1S/C15H11NO2/c1-11-8-14(7-6-13(11)10-17)18-15-5-3-2-4-12(15)9-16/h2-8,10H,1H3. The summed E-state index contributed by atoms with van der Waals surface area (Å²) < 4.78 is 5.64. The Bertz CT molecular complexity index is 627. The van der Waals surface area contributed by atoms with Gasteiger partial charge < -0.3 is 4.74 Å². The number of ether oxygens (including phenoxy) is 1. The molecular weight excluding hydrogens is 226 g/mol. The summed E-state index contributed by atoms with van der Waals surface area (Å²) in [4.78, 5) is 10.7. The summed E-state index contributed by atoms with van der Waals surface area (Å²) in [5.41, 5.74) is 1.96. The van der Waals surface area contributed by atoms with Crippen molar-refractivity contribution in [3.63, 3.8) is 0 Å². The van der Waals surface area contributed by atoms with Crippen molar-refractivity contribution < 1.29 is 9.53 Å². The third-order valence-corrected chi connectivity index (χ3v) is 2.60. The summed E-state index contributed by atoms with van der Waals surface area (Å²) in [7, 11) is 0. The van der Waals surface area contributed by atoms with Gasteiger partial charge in [0.05, 0.1) is 5.56 Å². The second-order valence-corrected chi connectivity index (χ2v) is 3.85. The minimum absolute atomic E-state index is 0.481. The van der Waals surface area contributed by atoms with Crippen molar-refractivity contribution in [3.8, 4) is 17.6 Å². The van der Waals surface area contributed by atoms with Crippen LogP contribution in [0.15, 0.2) is 42.5 Å². The molecule has 0 saturated carbocycles. The quantitative estimate of drug-likeness (QED) is 0.768. The second-order valence-electron chi connectivity index (χ2n) is 3.85. The van der Waals surface area contributed by atoms with E-state index in [0.29, 0.717) is 22.6 Å². The van der Waals surface area contributed by atoms with Gasteiger partial charge in [-0.1, -0.05) is 12.1 Å². The molecule has 0 atom stereocenters. The van der Waals surface area contributed by atoms with Crippen LogP contribution in [0.2, 0.25) is 0 Å². The number of carbonyl (C=O) groups excluding carboxylic acids is 1. The van der Waals surface area contributed by atoms with Gasteiger partial charge in [0.25, 0.3) is 0 Å². The SMILES string of the molecule is Cc1cc(Oc2ccccc2C#N)ccc1C=O. The smallest absolute Gasteiger partial charge is 0.150 e. The maximum absolute atomic E-state index is 10.7. The lowest BCUT2D eigenvalue weighted by molar-refractivity contribution is 0.112. The minimum Gasteiger partial charge on any atom is -0.456 e. The highest BCUT2D eigenvalue weighted by Gasteiger charge is 2.05. The average Bonchev–Trinajstić information content (AvgIpc) is 2.39. The Balaban J connectivity index is 2.32. The molecule has 0 N–H and O–H groups in total. The van der Waals surface area contributed by atoms with Crippen molar-refractivity contribution in [1.82, 2.24) is 0 Å². The monoisotopic (exact) mass is 237 g/mol. The van der Waals surface area contributed by atoms with Crippen LogP contribution in [0.1, 0.15) is 21.5 Å². The summed E-state index contributed by atoms with van der Waals surface area (Å²) in [5, 5.41) is 8.96. The van der Waals surface area contributed by atoms with Gasteiger partial charge in [0.2, 0.25) is 0 Å². The highest BCUT2D eigenvalue weighted by Crippen LogP contribution is 2.26. The molecule has 0 spiro atoms. The number of hydrogen-bond acceptors (Lipinski definition) is 3. The van der Waals surface area contributed by atoms with Crippen LogP contribution in [-0.4, -0.2) is 6.29 Å². The lowest BCUT2D eigenvalue weighted by atomic mass is 10.1. The fourth-order valence-electron chi connectivity index (χ4n) is 1.62. The molecule has 3 nitrogen and oxygen atoms in total. The van der Waals surface area contributed by atoms with E-state index in [9.17, 15) is 4.79 Å². The average molecular weight is 237 g/mol. The van der Waals surface area contributed by atoms with Crippen LogP contribution < -0.4 is 4.74 Å². The van der Waals surface area contributed by atoms with Crippen LogP contribution in [0.4, 0.5) is 0 Å². The minimum atomic E-state index is 0.481. The van der Waals surface area contributed by atoms with Gasteiger partial charge >= 0.3 is 0 Å². The Morgan fingerprint density at radius 1 is 1.22 bits per heavy atom. The second kappa shape index (κ2) is 5.15. The van der Waals surface area contributed by atoms with E-state index >= 15 is 0 Å². The molecule has 0 radical (unpaired) electrons. The predicted molar refractivity (Wildman–Crippen MR) is 67.8 cm³/mol. The van der Waals surface area contributed by atoms with Crippen LogP contribution in [0, 0.1) is 18.3 Å². The zero-order valence-electron chi connectivity index (χ0n) is 9.88. The zero-order chi connectivity index (χ0) is 13.0. The number of benzene rings is 2. The van der Waals surface area contributed by atoms with E-state index in [1.807, 2.05) is 13.0 Å². The first-order chi connectivity index (χ1) is 8.74. The van der Waals surface area contributed by atoms with Crippen molar-refractivity contribution >= 4 is 6.29 Å². The molecule has 2 aromatic carbocycles. The fourth-order valence-corrected chi connectivity index (χ4v) is 1.62. The van der Waals surface area contributed by atoms with Crippen molar-refractivity contribution in [2.45, 2.75) is 6.92 Å². The van der Waals surface area contributed by atoms with Gasteiger partial charge in [-0.05, 0) is 42.8 Å². The number of nitrogens with zero attached hydrogens (tertiary/aromatic N) is 1. The Morgan fingerprint density at radius 3 is 2.67 bits per heavy atom. The Labute approximate surface area is 105 Å². The number of rotatable bonds is 3. The van der Waals surface area contributed by atoms with Crippen molar-refractivity contribution in [1.29, 1.82) is 5.26 Å². The fraction of sp³-hybridized carbons (Fsp3) is 0.0667. The number of aryl methyl sites for hydroxylation is 1. The molecule has 0 fully saturated rings. The number of nitriles is 1. The third-order valence-electron chi connectivity index (χ3n) is 2.60. The van der Waals surface area contributed by atoms with E-state index in [0.717, 1.165) is 11.8 Å². The van der Waals surface area contributed by atoms with Crippen LogP contribution in [0.3, 0.4) is 0 Å². The van der Waals surface area contributed by atoms with Gasteiger partial charge in [0, 0.05) is 5.56 Å². The third kappa shape index (κ3) is 2.38. The molecule has 0 aliphatic carbocycles. The summed E-state index contributed by atoms with van der Waals surface area (Å²) >= 11 is 0. The maximum Gasteiger partial charge on any atom is 0.150 e. The van der Waals surface area contributed by atoms with Gasteiger partial charge in [0.15, 0.2) is 0 Å². The van der Waals surface area contributed by atoms with Gasteiger partial charge in [-0.25, -0.2) is 0 Å². The van der Waals surface area contributed by atoms with Crippen LogP contribution in [-0.2, 0) is 0 Å². The molecule has 0 aliphatic heterocycles. The predicted octanol–water partition coefficient (Wildman–Crippen LogP) is 3.47. The van der Waals surface area contributed by atoms with E-state index in [-0.39, 0.29) is 0 Å². The summed E-state index contributed by atoms with van der Waals surface area (Å²) in [6, 6.07) is 14.3. The number of aldehydes is 1. The highest BCUT2D eigenvalue weighted by molar-refractivity contribution is 5.77. The number of carbonyl (C=O) groups is 1. The summed E-state index contributed by atoms with van der Waals surface area (Å²) in [6.07, 6.45) is 0.808. The molecule has 2 aromatic rings. The first kappa shape index (κ1) is 11.9. The van der Waals surface area contributed by atoms with Crippen LogP contribution in [0.25, 0.3) is 0 Å². The highest BCUT2D eigenvalue weighted by atomic mass is 16.5. The lowest BCUT2D eigenvalue weighted by Gasteiger charge is -2.08. The number of para-hydroxylation sites is 1. The normalized spacial score (nSPS) is 9.56. The number of hydrogen-bond donors (Lipinski definition) is 0. The topological polar surface area (TPSA) is 50.1 Å². The van der Waals surface area contributed by atoms with E-state index in [4.69, 9.17) is 10.00 Å². The Kier molecular flexibility index (Phi) is 3.40. The molecule has 88 valence electrons. The van der Waals surface area contributed by atoms with Gasteiger partial charge in [-0.3, -0.25) is 4.79 Å². The van der Waals surface area contributed by atoms with E-state index in [2.05, 4.69) is 6.07 Å². The Hall–Kier alpha value is -2.60. The zero-order valence-corrected chi connectivity index (χ0v) is 9.88. The van der Waals surface area contributed by atoms with E-state index < -0.39 is 0 Å². The van der Waals surface area contributed by atoms with Crippen molar-refractivity contribution in [2.75, 3.05) is 0 Å². The summed E-state index contributed by atoms with van der Waals surface area (Å²) in [6.45, 7) is 1.84. The molecule has 0 aliphatic rings. The van der Waals surface area contributed by atoms with E-state index in [1.54, 1.807) is 36.4 Å². The molecule has 0 bridgehead atoms. The molecule has 0 aromatic heterocycles. The van der Waals surface area contributed by atoms with Crippen LogP contribution >= 0.6 is 0 Å². The first-order valence-corrected chi connectivity index (χ1v) is 5.47. The van der Waals surface area contributed by atoms with Crippen molar-refractivity contribution in [2.24, 2.45) is 0 Å². The lowest BCUT2D eigenvalue weighted by Crippen LogP contribution is -1.91. The van der Waals surface area contributed by atoms with Crippen LogP contribution in [0.5, 0.6) is 11.5 Å². The van der Waals surface area contributed by atoms with Gasteiger partial charge in [-0.2, -0.15) is 5.26 Å². The molecule has 2 rings (SSSR count). The van der Waals surface area contributed by atoms with Gasteiger partial charge in [-0.15, -0.1) is 0 Å². The molecule has 3 heteroatoms. The maximum atomic E-state index is 10.7. The molecule has 18 heavy (non-hydrogen) atoms. The molecule has 0 unspecified atom stereocenters.